The van der Waals surface area contributed by atoms with Gasteiger partial charge >= 0.3 is 0 Å². The summed E-state index contributed by atoms with van der Waals surface area (Å²) in [6.45, 7) is 3.87. The Balaban J connectivity index is 2.12. The Morgan fingerprint density at radius 2 is 1.90 bits per heavy atom. The Labute approximate surface area is 134 Å². The van der Waals surface area contributed by atoms with E-state index in [-0.39, 0.29) is 5.91 Å². The molecule has 0 radical (unpaired) electrons. The van der Waals surface area contributed by atoms with Crippen LogP contribution in [-0.2, 0) is 4.79 Å². The molecule has 0 heterocycles. The van der Waals surface area contributed by atoms with Crippen molar-refractivity contribution in [2.75, 3.05) is 5.32 Å². The molecule has 0 bridgehead atoms. The molecule has 2 aromatic carbocycles. The maximum Gasteiger partial charge on any atom is 0.248 e. The number of rotatable bonds is 3. The molecule has 0 aromatic heterocycles. The molecular formula is C17H15Cl2NO. The second kappa shape index (κ2) is 6.79. The second-order valence-electron chi connectivity index (χ2n) is 4.82. The van der Waals surface area contributed by atoms with E-state index in [4.69, 9.17) is 23.2 Å². The normalized spacial score (nSPS) is 10.9. The van der Waals surface area contributed by atoms with Crippen LogP contribution in [0.1, 0.15) is 16.7 Å². The van der Waals surface area contributed by atoms with Crippen LogP contribution in [0.3, 0.4) is 0 Å². The van der Waals surface area contributed by atoms with Crippen LogP contribution in [0.15, 0.2) is 42.5 Å². The Bertz CT molecular complexity index is 685. The van der Waals surface area contributed by atoms with Crippen LogP contribution in [0.25, 0.3) is 6.08 Å². The van der Waals surface area contributed by atoms with Crippen molar-refractivity contribution in [3.63, 3.8) is 0 Å². The number of halogens is 2. The highest BCUT2D eigenvalue weighted by atomic mass is 35.5. The van der Waals surface area contributed by atoms with Crippen molar-refractivity contribution < 1.29 is 4.79 Å². The molecule has 0 aliphatic rings. The smallest absolute Gasteiger partial charge is 0.248 e. The summed E-state index contributed by atoms with van der Waals surface area (Å²) in [5.74, 6) is -0.233. The van der Waals surface area contributed by atoms with Crippen molar-refractivity contribution in [2.45, 2.75) is 13.8 Å². The molecule has 0 fully saturated rings. The summed E-state index contributed by atoms with van der Waals surface area (Å²) in [6.07, 6.45) is 3.17. The predicted octanol–water partition coefficient (Wildman–Crippen LogP) is 5.26. The van der Waals surface area contributed by atoms with E-state index in [9.17, 15) is 4.79 Å². The lowest BCUT2D eigenvalue weighted by atomic mass is 10.1. The summed E-state index contributed by atoms with van der Waals surface area (Å²) in [6, 6.07) is 11.1. The molecule has 0 spiro atoms. The molecule has 2 aromatic rings. The Hall–Kier alpha value is -1.77. The average Bonchev–Trinajstić information content (AvgIpc) is 2.40. The summed E-state index contributed by atoms with van der Waals surface area (Å²) in [7, 11) is 0. The average molecular weight is 320 g/mol. The van der Waals surface area contributed by atoms with Gasteiger partial charge in [-0.15, -0.1) is 0 Å². The molecule has 2 nitrogen and oxygen atoms in total. The molecule has 0 aliphatic heterocycles. The van der Waals surface area contributed by atoms with Crippen LogP contribution in [0.2, 0.25) is 10.0 Å². The molecule has 0 saturated carbocycles. The van der Waals surface area contributed by atoms with Gasteiger partial charge in [0.1, 0.15) is 0 Å². The van der Waals surface area contributed by atoms with Crippen LogP contribution in [0, 0.1) is 13.8 Å². The van der Waals surface area contributed by atoms with Gasteiger partial charge in [-0.3, -0.25) is 4.79 Å². The quantitative estimate of drug-likeness (QED) is 0.768. The zero-order valence-electron chi connectivity index (χ0n) is 11.8. The van der Waals surface area contributed by atoms with E-state index in [2.05, 4.69) is 5.32 Å². The fourth-order valence-electron chi connectivity index (χ4n) is 2.02. The highest BCUT2D eigenvalue weighted by Gasteiger charge is 2.07. The fourth-order valence-corrected chi connectivity index (χ4v) is 2.59. The second-order valence-corrected chi connectivity index (χ2v) is 5.66. The molecular weight excluding hydrogens is 305 g/mol. The van der Waals surface area contributed by atoms with Crippen molar-refractivity contribution >= 4 is 40.9 Å². The minimum Gasteiger partial charge on any atom is -0.321 e. The lowest BCUT2D eigenvalue weighted by Crippen LogP contribution is -2.09. The van der Waals surface area contributed by atoms with E-state index in [0.717, 1.165) is 16.7 Å². The van der Waals surface area contributed by atoms with Gasteiger partial charge in [-0.2, -0.15) is 0 Å². The molecule has 0 saturated heterocycles. The molecule has 0 unspecified atom stereocenters. The summed E-state index contributed by atoms with van der Waals surface area (Å²) in [5, 5.41) is 3.97. The maximum absolute atomic E-state index is 12.0. The number of hydrogen-bond donors (Lipinski definition) is 1. The molecule has 108 valence electrons. The van der Waals surface area contributed by atoms with Gasteiger partial charge in [0.15, 0.2) is 0 Å². The van der Waals surface area contributed by atoms with Gasteiger partial charge in [0.2, 0.25) is 5.91 Å². The summed E-state index contributed by atoms with van der Waals surface area (Å²) in [5.41, 5.74) is 3.50. The van der Waals surface area contributed by atoms with E-state index in [1.54, 1.807) is 18.2 Å². The zero-order valence-corrected chi connectivity index (χ0v) is 13.3. The Kier molecular flexibility index (Phi) is 5.05. The first kappa shape index (κ1) is 15.6. The van der Waals surface area contributed by atoms with Gasteiger partial charge in [0.25, 0.3) is 0 Å². The first-order chi connectivity index (χ1) is 9.95. The highest BCUT2D eigenvalue weighted by Crippen LogP contribution is 2.27. The van der Waals surface area contributed by atoms with Crippen molar-refractivity contribution in [3.8, 4) is 0 Å². The largest absolute Gasteiger partial charge is 0.321 e. The monoisotopic (exact) mass is 319 g/mol. The molecule has 0 aliphatic carbocycles. The zero-order chi connectivity index (χ0) is 15.4. The number of carbonyl (C=O) groups excluding carboxylic acids is 1. The van der Waals surface area contributed by atoms with Gasteiger partial charge in [-0.25, -0.2) is 0 Å². The lowest BCUT2D eigenvalue weighted by molar-refractivity contribution is -0.111. The third kappa shape index (κ3) is 4.35. The molecule has 21 heavy (non-hydrogen) atoms. The van der Waals surface area contributed by atoms with E-state index in [1.165, 1.54) is 6.08 Å². The van der Waals surface area contributed by atoms with E-state index in [0.29, 0.717) is 15.7 Å². The van der Waals surface area contributed by atoms with Crippen LogP contribution in [0.4, 0.5) is 5.69 Å². The number of carbonyl (C=O) groups is 1. The summed E-state index contributed by atoms with van der Waals surface area (Å²) < 4.78 is 0. The third-order valence-corrected chi connectivity index (χ3v) is 3.49. The predicted molar refractivity (Wildman–Crippen MR) is 90.0 cm³/mol. The summed E-state index contributed by atoms with van der Waals surface area (Å²) in [4.78, 5) is 12.0. The summed E-state index contributed by atoms with van der Waals surface area (Å²) >= 11 is 12.1. The van der Waals surface area contributed by atoms with E-state index in [1.807, 2.05) is 38.1 Å². The third-order valence-electron chi connectivity index (χ3n) is 2.96. The van der Waals surface area contributed by atoms with Crippen molar-refractivity contribution in [1.82, 2.24) is 0 Å². The van der Waals surface area contributed by atoms with Crippen molar-refractivity contribution in [2.24, 2.45) is 0 Å². The van der Waals surface area contributed by atoms with E-state index >= 15 is 0 Å². The topological polar surface area (TPSA) is 29.1 Å². The number of amides is 1. The first-order valence-electron chi connectivity index (χ1n) is 6.47. The molecule has 0 atom stereocenters. The van der Waals surface area contributed by atoms with Crippen LogP contribution >= 0.6 is 23.2 Å². The highest BCUT2D eigenvalue weighted by molar-refractivity contribution is 6.34. The van der Waals surface area contributed by atoms with Gasteiger partial charge < -0.3 is 5.32 Å². The van der Waals surface area contributed by atoms with E-state index < -0.39 is 0 Å². The standard InChI is InChI=1S/C17H15Cl2NO/c1-11-8-12(2)17(15(19)9-11)20-16(21)7-6-13-4-3-5-14(18)10-13/h3-10H,1-2H3,(H,20,21)/b7-6+. The number of nitrogens with one attached hydrogen (secondary N) is 1. The Morgan fingerprint density at radius 3 is 2.57 bits per heavy atom. The van der Waals surface area contributed by atoms with Crippen molar-refractivity contribution in [1.29, 1.82) is 0 Å². The van der Waals surface area contributed by atoms with Crippen LogP contribution in [0.5, 0.6) is 0 Å². The minimum atomic E-state index is -0.233. The SMILES string of the molecule is Cc1cc(C)c(NC(=O)/C=C/c2cccc(Cl)c2)c(Cl)c1. The number of aryl methyl sites for hydroxylation is 2. The molecule has 4 heteroatoms. The van der Waals surface area contributed by atoms with Gasteiger partial charge in [-0.1, -0.05) is 41.4 Å². The van der Waals surface area contributed by atoms with Crippen molar-refractivity contribution in [3.05, 3.63) is 69.2 Å². The van der Waals surface area contributed by atoms with Gasteiger partial charge in [0, 0.05) is 11.1 Å². The fraction of sp³-hybridized carbons (Fsp3) is 0.118. The Morgan fingerprint density at radius 1 is 1.14 bits per heavy atom. The molecule has 2 rings (SSSR count). The molecule has 1 N–H and O–H groups in total. The van der Waals surface area contributed by atoms with Crippen LogP contribution in [-0.4, -0.2) is 5.91 Å². The first-order valence-corrected chi connectivity index (χ1v) is 7.22. The van der Waals surface area contributed by atoms with Gasteiger partial charge in [0.05, 0.1) is 10.7 Å². The molecule has 1 amide bonds. The number of hydrogen-bond acceptors (Lipinski definition) is 1. The minimum absolute atomic E-state index is 0.233. The van der Waals surface area contributed by atoms with Gasteiger partial charge in [-0.05, 0) is 54.8 Å². The number of anilines is 1. The van der Waals surface area contributed by atoms with Crippen LogP contribution < -0.4 is 5.32 Å². The lowest BCUT2D eigenvalue weighted by Gasteiger charge is -2.10. The maximum atomic E-state index is 12.0. The number of benzene rings is 2.